The molecule has 30 heavy (non-hydrogen) atoms. The molecule has 1 amide bonds. The summed E-state index contributed by atoms with van der Waals surface area (Å²) in [5.74, 6) is 1.52. The van der Waals surface area contributed by atoms with E-state index in [0.29, 0.717) is 26.5 Å². The molecule has 0 saturated carbocycles. The van der Waals surface area contributed by atoms with Gasteiger partial charge in [-0.05, 0) is 23.9 Å². The molecule has 0 spiro atoms. The molecule has 0 aromatic carbocycles. The lowest BCUT2D eigenvalue weighted by molar-refractivity contribution is 0.103. The summed E-state index contributed by atoms with van der Waals surface area (Å²) in [5, 5.41) is 14.3. The number of thiophene rings is 2. The number of hydrogen-bond acceptors (Lipinski definition) is 11. The molecule has 156 valence electrons. The minimum absolute atomic E-state index is 0.253. The SMILES string of the molecule is COCc1nc(OC)c2c(C)c(C(=O)Nc3nnc(SCc4cccs4)s3)sc2n1. The third kappa shape index (κ3) is 4.47. The fraction of sp³-hybridized carbons (Fsp3) is 0.278. The van der Waals surface area contributed by atoms with Crippen molar-refractivity contribution in [1.82, 2.24) is 20.2 Å². The van der Waals surface area contributed by atoms with Crippen LogP contribution < -0.4 is 10.1 Å². The number of hydrogen-bond donors (Lipinski definition) is 1. The number of ether oxygens (including phenoxy) is 2. The Balaban J connectivity index is 1.52. The van der Waals surface area contributed by atoms with Crippen molar-refractivity contribution in [3.8, 4) is 5.88 Å². The number of methoxy groups -OCH3 is 2. The smallest absolute Gasteiger partial charge is 0.267 e. The van der Waals surface area contributed by atoms with Crippen molar-refractivity contribution in [1.29, 1.82) is 0 Å². The average molecular weight is 480 g/mol. The standard InChI is InChI=1S/C18H17N5O3S4/c1-9-12-15(26-3)19-11(7-25-2)20-16(12)29-13(9)14(24)21-17-22-23-18(30-17)28-8-10-5-4-6-27-10/h4-6H,7-8H2,1-3H3,(H,21,22,24). The summed E-state index contributed by atoms with van der Waals surface area (Å²) in [6.45, 7) is 2.12. The van der Waals surface area contributed by atoms with Crippen LogP contribution in [0.2, 0.25) is 0 Å². The van der Waals surface area contributed by atoms with Gasteiger partial charge < -0.3 is 9.47 Å². The maximum absolute atomic E-state index is 12.9. The number of amides is 1. The van der Waals surface area contributed by atoms with Crippen molar-refractivity contribution in [3.05, 3.63) is 38.7 Å². The fourth-order valence-electron chi connectivity index (χ4n) is 2.70. The van der Waals surface area contributed by atoms with Crippen LogP contribution in [0.3, 0.4) is 0 Å². The molecule has 1 N–H and O–H groups in total. The summed E-state index contributed by atoms with van der Waals surface area (Å²) in [5.41, 5.74) is 0.769. The Labute approximate surface area is 188 Å². The molecule has 12 heteroatoms. The van der Waals surface area contributed by atoms with Crippen LogP contribution in [0.15, 0.2) is 21.9 Å². The van der Waals surface area contributed by atoms with E-state index in [0.717, 1.165) is 21.0 Å². The summed E-state index contributed by atoms with van der Waals surface area (Å²) < 4.78 is 11.3. The number of carbonyl (C=O) groups is 1. The predicted octanol–water partition coefficient (Wildman–Crippen LogP) is 4.61. The topological polar surface area (TPSA) is 99.1 Å². The minimum atomic E-state index is -0.253. The first kappa shape index (κ1) is 21.1. The Morgan fingerprint density at radius 2 is 2.10 bits per heavy atom. The molecule has 0 fully saturated rings. The molecule has 4 aromatic heterocycles. The molecular formula is C18H17N5O3S4. The van der Waals surface area contributed by atoms with Crippen LogP contribution in [0.5, 0.6) is 5.88 Å². The summed E-state index contributed by atoms with van der Waals surface area (Å²) in [6, 6.07) is 4.11. The highest BCUT2D eigenvalue weighted by molar-refractivity contribution is 8.00. The Bertz CT molecular complexity index is 1170. The molecule has 0 aliphatic rings. The van der Waals surface area contributed by atoms with E-state index in [1.165, 1.54) is 27.6 Å². The highest BCUT2D eigenvalue weighted by Gasteiger charge is 2.22. The second-order valence-corrected chi connectivity index (χ2v) is 10.2. The lowest BCUT2D eigenvalue weighted by Crippen LogP contribution is -2.11. The number of aromatic nitrogens is 4. The van der Waals surface area contributed by atoms with Gasteiger partial charge in [0.2, 0.25) is 11.0 Å². The zero-order valence-electron chi connectivity index (χ0n) is 16.3. The van der Waals surface area contributed by atoms with Gasteiger partial charge in [-0.2, -0.15) is 4.98 Å². The van der Waals surface area contributed by atoms with Gasteiger partial charge in [0.05, 0.1) is 17.4 Å². The Kier molecular flexibility index (Phi) is 6.58. The zero-order chi connectivity index (χ0) is 21.1. The van der Waals surface area contributed by atoms with Gasteiger partial charge in [0.15, 0.2) is 10.2 Å². The van der Waals surface area contributed by atoms with E-state index in [4.69, 9.17) is 9.47 Å². The van der Waals surface area contributed by atoms with Gasteiger partial charge in [0.25, 0.3) is 5.91 Å². The van der Waals surface area contributed by atoms with Crippen LogP contribution in [0, 0.1) is 6.92 Å². The van der Waals surface area contributed by atoms with Crippen molar-refractivity contribution in [3.63, 3.8) is 0 Å². The van der Waals surface area contributed by atoms with Crippen molar-refractivity contribution < 1.29 is 14.3 Å². The third-order valence-corrected chi connectivity index (χ3v) is 8.29. The Morgan fingerprint density at radius 3 is 2.83 bits per heavy atom. The highest BCUT2D eigenvalue weighted by Crippen LogP contribution is 2.36. The van der Waals surface area contributed by atoms with Gasteiger partial charge in [0, 0.05) is 17.7 Å². The number of thioether (sulfide) groups is 1. The molecule has 0 saturated heterocycles. The second kappa shape index (κ2) is 9.35. The highest BCUT2D eigenvalue weighted by atomic mass is 32.2. The van der Waals surface area contributed by atoms with E-state index < -0.39 is 0 Å². The summed E-state index contributed by atoms with van der Waals surface area (Å²) in [7, 11) is 3.12. The van der Waals surface area contributed by atoms with Crippen LogP contribution in [-0.2, 0) is 17.1 Å². The average Bonchev–Trinajstić information content (AvgIpc) is 3.47. The van der Waals surface area contributed by atoms with Crippen molar-refractivity contribution >= 4 is 67.0 Å². The largest absolute Gasteiger partial charge is 0.480 e. The maximum Gasteiger partial charge on any atom is 0.267 e. The lowest BCUT2D eigenvalue weighted by atomic mass is 10.2. The van der Waals surface area contributed by atoms with E-state index in [1.807, 2.05) is 18.4 Å². The molecule has 4 rings (SSSR count). The van der Waals surface area contributed by atoms with Gasteiger partial charge in [-0.3, -0.25) is 10.1 Å². The first-order valence-corrected chi connectivity index (χ1v) is 12.2. The van der Waals surface area contributed by atoms with E-state index >= 15 is 0 Å². The van der Waals surface area contributed by atoms with Gasteiger partial charge in [-0.15, -0.1) is 32.9 Å². The zero-order valence-corrected chi connectivity index (χ0v) is 19.6. The summed E-state index contributed by atoms with van der Waals surface area (Å²) in [6.07, 6.45) is 0. The van der Waals surface area contributed by atoms with Crippen molar-refractivity contribution in [2.45, 2.75) is 23.6 Å². The quantitative estimate of drug-likeness (QED) is 0.289. The van der Waals surface area contributed by atoms with E-state index in [1.54, 1.807) is 37.3 Å². The molecule has 4 aromatic rings. The number of aryl methyl sites for hydroxylation is 1. The predicted molar refractivity (Wildman–Crippen MR) is 121 cm³/mol. The van der Waals surface area contributed by atoms with Crippen molar-refractivity contribution in [2.75, 3.05) is 19.5 Å². The molecule has 4 heterocycles. The number of nitrogens with zero attached hydrogens (tertiary/aromatic N) is 4. The second-order valence-electron chi connectivity index (χ2n) is 6.01. The lowest BCUT2D eigenvalue weighted by Gasteiger charge is -2.04. The first-order chi connectivity index (χ1) is 14.6. The van der Waals surface area contributed by atoms with Crippen LogP contribution in [0.1, 0.15) is 25.9 Å². The van der Waals surface area contributed by atoms with Gasteiger partial charge in [-0.1, -0.05) is 29.2 Å². The fourth-order valence-corrected chi connectivity index (χ4v) is 6.31. The van der Waals surface area contributed by atoms with E-state index in [9.17, 15) is 4.79 Å². The van der Waals surface area contributed by atoms with E-state index in [-0.39, 0.29) is 12.5 Å². The molecule has 0 bridgehead atoms. The number of nitrogens with one attached hydrogen (secondary N) is 1. The van der Waals surface area contributed by atoms with Gasteiger partial charge >= 0.3 is 0 Å². The first-order valence-electron chi connectivity index (χ1n) is 8.72. The van der Waals surface area contributed by atoms with Crippen LogP contribution >= 0.6 is 45.8 Å². The molecule has 0 unspecified atom stereocenters. The number of fused-ring (bicyclic) bond motifs is 1. The Morgan fingerprint density at radius 1 is 1.23 bits per heavy atom. The molecule has 8 nitrogen and oxygen atoms in total. The monoisotopic (exact) mass is 479 g/mol. The minimum Gasteiger partial charge on any atom is -0.480 e. The Hall–Kier alpha value is -2.12. The molecule has 0 aliphatic carbocycles. The maximum atomic E-state index is 12.9. The molecule has 0 atom stereocenters. The van der Waals surface area contributed by atoms with Gasteiger partial charge in [-0.25, -0.2) is 4.98 Å². The normalized spacial score (nSPS) is 11.2. The molecule has 0 radical (unpaired) electrons. The van der Waals surface area contributed by atoms with Crippen molar-refractivity contribution in [2.24, 2.45) is 0 Å². The number of rotatable bonds is 8. The molecule has 0 aliphatic heterocycles. The third-order valence-electron chi connectivity index (χ3n) is 4.02. The van der Waals surface area contributed by atoms with Crippen LogP contribution in [0.25, 0.3) is 10.2 Å². The molecular weight excluding hydrogens is 462 g/mol. The van der Waals surface area contributed by atoms with Gasteiger partial charge in [0.1, 0.15) is 11.4 Å². The van der Waals surface area contributed by atoms with Crippen LogP contribution in [-0.4, -0.2) is 40.3 Å². The van der Waals surface area contributed by atoms with E-state index in [2.05, 4.69) is 31.5 Å². The number of anilines is 1. The summed E-state index contributed by atoms with van der Waals surface area (Å²) in [4.78, 5) is 24.2. The summed E-state index contributed by atoms with van der Waals surface area (Å²) >= 11 is 5.95. The number of carbonyl (C=O) groups excluding carboxylic acids is 1. The van der Waals surface area contributed by atoms with Crippen LogP contribution in [0.4, 0.5) is 5.13 Å².